The Morgan fingerprint density at radius 3 is 2.47 bits per heavy atom. The second-order valence-electron chi connectivity index (χ2n) is 5.34. The van der Waals surface area contributed by atoms with Gasteiger partial charge in [-0.2, -0.15) is 11.8 Å². The van der Waals surface area contributed by atoms with Crippen LogP contribution in [-0.4, -0.2) is 27.8 Å². The van der Waals surface area contributed by atoms with Crippen molar-refractivity contribution in [2.45, 2.75) is 56.6 Å². The summed E-state index contributed by atoms with van der Waals surface area (Å²) in [4.78, 5) is 0. The van der Waals surface area contributed by atoms with Crippen molar-refractivity contribution in [1.82, 2.24) is 0 Å². The minimum absolute atomic E-state index is 0.295. The Labute approximate surface area is 97.0 Å². The van der Waals surface area contributed by atoms with Crippen LogP contribution < -0.4 is 5.73 Å². The van der Waals surface area contributed by atoms with Crippen molar-refractivity contribution >= 4 is 11.8 Å². The van der Waals surface area contributed by atoms with E-state index in [2.05, 4.69) is 6.92 Å². The first kappa shape index (κ1) is 11.7. The molecule has 1 saturated heterocycles. The molecular weight excluding hydrogens is 206 g/mol. The third-order valence-electron chi connectivity index (χ3n) is 4.49. The minimum atomic E-state index is -0.567. The number of thioether (sulfide) groups is 1. The Hall–Kier alpha value is 0.270. The molecule has 1 heterocycles. The zero-order valence-electron chi connectivity index (χ0n) is 9.67. The molecule has 0 aromatic carbocycles. The second-order valence-corrected chi connectivity index (χ2v) is 6.45. The molecule has 1 saturated carbocycles. The molecule has 0 bridgehead atoms. The van der Waals surface area contributed by atoms with Crippen LogP contribution in [-0.2, 0) is 0 Å². The van der Waals surface area contributed by atoms with Gasteiger partial charge in [-0.25, -0.2) is 0 Å². The van der Waals surface area contributed by atoms with Crippen molar-refractivity contribution in [1.29, 1.82) is 0 Å². The van der Waals surface area contributed by atoms with Crippen LogP contribution in [0, 0.1) is 5.92 Å². The SMILES string of the molecule is CCC1CCC(O)(C2(N)CCSC2)CC1. The highest BCUT2D eigenvalue weighted by Gasteiger charge is 2.50. The lowest BCUT2D eigenvalue weighted by molar-refractivity contribution is -0.0650. The number of rotatable bonds is 2. The van der Waals surface area contributed by atoms with Crippen LogP contribution in [0.25, 0.3) is 0 Å². The molecule has 1 aliphatic heterocycles. The van der Waals surface area contributed by atoms with Crippen LogP contribution in [0.15, 0.2) is 0 Å². The topological polar surface area (TPSA) is 46.2 Å². The fourth-order valence-corrected chi connectivity index (χ4v) is 4.44. The number of nitrogens with two attached hydrogens (primary N) is 1. The average Bonchev–Trinajstić information content (AvgIpc) is 2.68. The molecule has 1 unspecified atom stereocenters. The molecule has 3 N–H and O–H groups in total. The van der Waals surface area contributed by atoms with Crippen molar-refractivity contribution < 1.29 is 5.11 Å². The first-order valence-corrected chi connectivity index (χ1v) is 7.34. The Morgan fingerprint density at radius 1 is 1.33 bits per heavy atom. The van der Waals surface area contributed by atoms with E-state index in [-0.39, 0.29) is 5.54 Å². The summed E-state index contributed by atoms with van der Waals surface area (Å²) in [5.41, 5.74) is 5.52. The molecule has 0 radical (unpaired) electrons. The van der Waals surface area contributed by atoms with E-state index in [1.165, 1.54) is 6.42 Å². The van der Waals surface area contributed by atoms with Crippen molar-refractivity contribution in [2.24, 2.45) is 11.7 Å². The Morgan fingerprint density at radius 2 is 2.00 bits per heavy atom. The molecule has 0 amide bonds. The van der Waals surface area contributed by atoms with Crippen molar-refractivity contribution in [3.05, 3.63) is 0 Å². The monoisotopic (exact) mass is 229 g/mol. The molecule has 2 aliphatic rings. The van der Waals surface area contributed by atoms with E-state index in [4.69, 9.17) is 5.73 Å². The van der Waals surface area contributed by atoms with Gasteiger partial charge in [0.05, 0.1) is 11.1 Å². The van der Waals surface area contributed by atoms with Gasteiger partial charge >= 0.3 is 0 Å². The third-order valence-corrected chi connectivity index (χ3v) is 5.70. The highest BCUT2D eigenvalue weighted by atomic mass is 32.2. The summed E-state index contributed by atoms with van der Waals surface area (Å²) >= 11 is 1.89. The van der Waals surface area contributed by atoms with Gasteiger partial charge < -0.3 is 10.8 Å². The van der Waals surface area contributed by atoms with Gasteiger partial charge in [0.25, 0.3) is 0 Å². The molecule has 88 valence electrons. The molecular formula is C12H23NOS. The van der Waals surface area contributed by atoms with Crippen LogP contribution in [0.1, 0.15) is 45.4 Å². The molecule has 1 atom stereocenters. The van der Waals surface area contributed by atoms with Crippen LogP contribution in [0.3, 0.4) is 0 Å². The van der Waals surface area contributed by atoms with E-state index < -0.39 is 5.60 Å². The van der Waals surface area contributed by atoms with Gasteiger partial charge in [0.15, 0.2) is 0 Å². The first-order chi connectivity index (χ1) is 7.10. The lowest BCUT2D eigenvalue weighted by Crippen LogP contribution is -2.62. The maximum absolute atomic E-state index is 10.7. The highest BCUT2D eigenvalue weighted by molar-refractivity contribution is 7.99. The summed E-state index contributed by atoms with van der Waals surface area (Å²) in [6, 6.07) is 0. The molecule has 0 spiro atoms. The number of hydrogen-bond donors (Lipinski definition) is 2. The van der Waals surface area contributed by atoms with E-state index in [9.17, 15) is 5.11 Å². The maximum atomic E-state index is 10.7. The molecule has 2 fully saturated rings. The van der Waals surface area contributed by atoms with Crippen LogP contribution in [0.2, 0.25) is 0 Å². The minimum Gasteiger partial charge on any atom is -0.388 e. The predicted octanol–water partition coefficient (Wildman–Crippen LogP) is 2.15. The van der Waals surface area contributed by atoms with Gasteiger partial charge in [0.1, 0.15) is 0 Å². The zero-order chi connectivity index (χ0) is 10.9. The second kappa shape index (κ2) is 4.27. The van der Waals surface area contributed by atoms with Crippen LogP contribution >= 0.6 is 11.8 Å². The Balaban J connectivity index is 2.02. The van der Waals surface area contributed by atoms with E-state index in [0.717, 1.165) is 49.5 Å². The number of aliphatic hydroxyl groups is 1. The first-order valence-electron chi connectivity index (χ1n) is 6.19. The molecule has 1 aliphatic carbocycles. The fourth-order valence-electron chi connectivity index (χ4n) is 3.01. The summed E-state index contributed by atoms with van der Waals surface area (Å²) in [5.74, 6) is 2.89. The van der Waals surface area contributed by atoms with Gasteiger partial charge in [-0.3, -0.25) is 0 Å². The van der Waals surface area contributed by atoms with E-state index in [0.29, 0.717) is 0 Å². The van der Waals surface area contributed by atoms with Crippen molar-refractivity contribution in [3.63, 3.8) is 0 Å². The molecule has 0 aromatic rings. The van der Waals surface area contributed by atoms with Crippen molar-refractivity contribution in [2.75, 3.05) is 11.5 Å². The lowest BCUT2D eigenvalue weighted by Gasteiger charge is -2.46. The molecule has 2 nitrogen and oxygen atoms in total. The zero-order valence-corrected chi connectivity index (χ0v) is 10.5. The molecule has 0 aromatic heterocycles. The lowest BCUT2D eigenvalue weighted by atomic mass is 9.68. The highest BCUT2D eigenvalue weighted by Crippen LogP contribution is 2.44. The van der Waals surface area contributed by atoms with E-state index in [1.807, 2.05) is 11.8 Å². The predicted molar refractivity (Wildman–Crippen MR) is 66.1 cm³/mol. The summed E-state index contributed by atoms with van der Waals surface area (Å²) < 4.78 is 0. The van der Waals surface area contributed by atoms with Crippen molar-refractivity contribution in [3.8, 4) is 0 Å². The third kappa shape index (κ3) is 2.06. The van der Waals surface area contributed by atoms with Gasteiger partial charge in [-0.05, 0) is 43.8 Å². The summed E-state index contributed by atoms with van der Waals surface area (Å²) in [6.45, 7) is 2.25. The van der Waals surface area contributed by atoms with E-state index >= 15 is 0 Å². The average molecular weight is 229 g/mol. The summed E-state index contributed by atoms with van der Waals surface area (Å²) in [7, 11) is 0. The molecule has 2 rings (SSSR count). The standard InChI is InChI=1S/C12H23NOS/c1-2-10-3-5-12(14,6-4-10)11(13)7-8-15-9-11/h10,14H,2-9,13H2,1H3. The molecule has 15 heavy (non-hydrogen) atoms. The smallest absolute Gasteiger partial charge is 0.0834 e. The largest absolute Gasteiger partial charge is 0.388 e. The van der Waals surface area contributed by atoms with Gasteiger partial charge in [-0.15, -0.1) is 0 Å². The Kier molecular flexibility index (Phi) is 3.34. The molecule has 3 heteroatoms. The van der Waals surface area contributed by atoms with Gasteiger partial charge in [0, 0.05) is 5.75 Å². The maximum Gasteiger partial charge on any atom is 0.0834 e. The normalized spacial score (nSPS) is 47.0. The quantitative estimate of drug-likeness (QED) is 0.762. The Bertz CT molecular complexity index is 218. The summed E-state index contributed by atoms with van der Waals surface area (Å²) in [5, 5.41) is 10.7. The van der Waals surface area contributed by atoms with Gasteiger partial charge in [0.2, 0.25) is 0 Å². The summed E-state index contributed by atoms with van der Waals surface area (Å²) in [6.07, 6.45) is 6.41. The fraction of sp³-hybridized carbons (Fsp3) is 1.00. The van der Waals surface area contributed by atoms with Gasteiger partial charge in [-0.1, -0.05) is 13.3 Å². The van der Waals surface area contributed by atoms with Crippen LogP contribution in [0.5, 0.6) is 0 Å². The van der Waals surface area contributed by atoms with E-state index in [1.54, 1.807) is 0 Å². The number of hydrogen-bond acceptors (Lipinski definition) is 3. The van der Waals surface area contributed by atoms with Crippen LogP contribution in [0.4, 0.5) is 0 Å².